The van der Waals surface area contributed by atoms with Gasteiger partial charge in [-0.3, -0.25) is 5.41 Å². The third kappa shape index (κ3) is 2.63. The molecule has 0 aromatic heterocycles. The molecular formula is C16H18N2O3. The molecule has 0 radical (unpaired) electrons. The molecule has 0 fully saturated rings. The third-order valence-corrected chi connectivity index (χ3v) is 3.32. The van der Waals surface area contributed by atoms with Gasteiger partial charge in [-0.25, -0.2) is 0 Å². The normalized spacial score (nSPS) is 10.2. The van der Waals surface area contributed by atoms with Crippen LogP contribution in [0.2, 0.25) is 0 Å². The molecule has 0 atom stereocenters. The molecule has 0 spiro atoms. The monoisotopic (exact) mass is 286 g/mol. The number of aromatic hydroxyl groups is 1. The molecule has 0 amide bonds. The van der Waals surface area contributed by atoms with Crippen molar-refractivity contribution in [2.45, 2.75) is 6.92 Å². The van der Waals surface area contributed by atoms with Gasteiger partial charge in [0.05, 0.1) is 19.8 Å². The van der Waals surface area contributed by atoms with E-state index in [1.165, 1.54) is 20.3 Å². The van der Waals surface area contributed by atoms with Crippen LogP contribution in [0.4, 0.5) is 0 Å². The second-order valence-corrected chi connectivity index (χ2v) is 4.63. The number of benzene rings is 2. The van der Waals surface area contributed by atoms with E-state index in [0.29, 0.717) is 28.2 Å². The summed E-state index contributed by atoms with van der Waals surface area (Å²) in [6, 6.07) is 8.65. The largest absolute Gasteiger partial charge is 0.507 e. The average molecular weight is 286 g/mol. The number of nitrogens with one attached hydrogen (secondary N) is 1. The van der Waals surface area contributed by atoms with Crippen LogP contribution in [-0.2, 0) is 0 Å². The summed E-state index contributed by atoms with van der Waals surface area (Å²) in [5.74, 6) is 0.906. The number of methoxy groups -OCH3 is 2. The third-order valence-electron chi connectivity index (χ3n) is 3.32. The van der Waals surface area contributed by atoms with Crippen molar-refractivity contribution in [2.24, 2.45) is 5.73 Å². The van der Waals surface area contributed by atoms with Crippen LogP contribution in [-0.4, -0.2) is 25.2 Å². The van der Waals surface area contributed by atoms with Crippen molar-refractivity contribution in [3.8, 4) is 28.4 Å². The number of hydrogen-bond donors (Lipinski definition) is 3. The van der Waals surface area contributed by atoms with Gasteiger partial charge < -0.3 is 20.3 Å². The molecule has 4 N–H and O–H groups in total. The van der Waals surface area contributed by atoms with E-state index in [1.807, 2.05) is 19.1 Å². The number of phenols is 1. The summed E-state index contributed by atoms with van der Waals surface area (Å²) in [6.45, 7) is 1.89. The highest BCUT2D eigenvalue weighted by Crippen LogP contribution is 2.43. The van der Waals surface area contributed by atoms with Gasteiger partial charge in [0.1, 0.15) is 23.1 Å². The van der Waals surface area contributed by atoms with E-state index in [1.54, 1.807) is 12.1 Å². The molecule has 110 valence electrons. The molecule has 0 saturated carbocycles. The molecule has 5 heteroatoms. The highest BCUT2D eigenvalue weighted by atomic mass is 16.5. The van der Waals surface area contributed by atoms with Gasteiger partial charge >= 0.3 is 0 Å². The van der Waals surface area contributed by atoms with Gasteiger partial charge in [0.15, 0.2) is 0 Å². The van der Waals surface area contributed by atoms with Crippen LogP contribution in [0.15, 0.2) is 30.3 Å². The number of phenolic OH excluding ortho intramolecular Hbond substituents is 1. The van der Waals surface area contributed by atoms with Gasteiger partial charge in [-0.1, -0.05) is 18.2 Å². The number of aryl methyl sites for hydroxylation is 1. The van der Waals surface area contributed by atoms with E-state index in [2.05, 4.69) is 0 Å². The smallest absolute Gasteiger partial charge is 0.134 e. The molecule has 0 bridgehead atoms. The maximum atomic E-state index is 10.3. The van der Waals surface area contributed by atoms with Gasteiger partial charge in [-0.05, 0) is 12.5 Å². The van der Waals surface area contributed by atoms with Crippen molar-refractivity contribution in [3.05, 3.63) is 41.5 Å². The second-order valence-electron chi connectivity index (χ2n) is 4.63. The first-order valence-electron chi connectivity index (χ1n) is 6.39. The minimum atomic E-state index is -0.0639. The van der Waals surface area contributed by atoms with Gasteiger partial charge in [-0.15, -0.1) is 0 Å². The number of nitrogens with two attached hydrogens (primary N) is 1. The van der Waals surface area contributed by atoms with Gasteiger partial charge in [0.2, 0.25) is 0 Å². The Kier molecular flexibility index (Phi) is 4.03. The van der Waals surface area contributed by atoms with E-state index in [-0.39, 0.29) is 11.6 Å². The predicted molar refractivity (Wildman–Crippen MR) is 82.4 cm³/mol. The van der Waals surface area contributed by atoms with Crippen LogP contribution in [0, 0.1) is 12.3 Å². The van der Waals surface area contributed by atoms with E-state index < -0.39 is 0 Å². The number of ether oxygens (including phenoxy) is 2. The Labute approximate surface area is 123 Å². The van der Waals surface area contributed by atoms with Gasteiger partial charge in [0, 0.05) is 23.3 Å². The van der Waals surface area contributed by atoms with Crippen molar-refractivity contribution in [1.29, 1.82) is 5.41 Å². The molecule has 0 saturated heterocycles. The van der Waals surface area contributed by atoms with E-state index in [9.17, 15) is 5.11 Å². The summed E-state index contributed by atoms with van der Waals surface area (Å²) >= 11 is 0. The highest BCUT2D eigenvalue weighted by molar-refractivity contribution is 6.03. The standard InChI is InChI=1S/C16H18N2O3/c1-9-5-4-6-11(16(17)18)14(9)15-12(19)7-10(20-2)8-13(15)21-3/h4-8,19H,1-3H3,(H3,17,18). The first-order valence-corrected chi connectivity index (χ1v) is 6.39. The van der Waals surface area contributed by atoms with Crippen molar-refractivity contribution < 1.29 is 14.6 Å². The lowest BCUT2D eigenvalue weighted by atomic mass is 9.93. The molecule has 0 aliphatic carbocycles. The maximum absolute atomic E-state index is 10.3. The maximum Gasteiger partial charge on any atom is 0.134 e. The molecule has 2 aromatic rings. The summed E-state index contributed by atoms with van der Waals surface area (Å²) in [5.41, 5.74) is 8.28. The number of amidine groups is 1. The summed E-state index contributed by atoms with van der Waals surface area (Å²) < 4.78 is 10.5. The van der Waals surface area contributed by atoms with E-state index in [0.717, 1.165) is 5.56 Å². The summed E-state index contributed by atoms with van der Waals surface area (Å²) in [7, 11) is 3.03. The Morgan fingerprint density at radius 1 is 1.14 bits per heavy atom. The molecule has 21 heavy (non-hydrogen) atoms. The van der Waals surface area contributed by atoms with E-state index >= 15 is 0 Å². The topological polar surface area (TPSA) is 88.6 Å². The average Bonchev–Trinajstić information content (AvgIpc) is 2.46. The first kappa shape index (κ1) is 14.7. The fourth-order valence-electron chi connectivity index (χ4n) is 2.33. The molecule has 0 heterocycles. The quantitative estimate of drug-likeness (QED) is 0.595. The van der Waals surface area contributed by atoms with Crippen LogP contribution in [0.25, 0.3) is 11.1 Å². The fourth-order valence-corrected chi connectivity index (χ4v) is 2.33. The Balaban J connectivity index is 2.81. The van der Waals surface area contributed by atoms with Crippen LogP contribution < -0.4 is 15.2 Å². The van der Waals surface area contributed by atoms with Crippen LogP contribution in [0.3, 0.4) is 0 Å². The van der Waals surface area contributed by atoms with Gasteiger partial charge in [0.25, 0.3) is 0 Å². The molecule has 0 aliphatic rings. The Hall–Kier alpha value is -2.69. The number of nitrogen functional groups attached to an aromatic ring is 1. The highest BCUT2D eigenvalue weighted by Gasteiger charge is 2.19. The molecule has 2 rings (SSSR count). The van der Waals surface area contributed by atoms with Gasteiger partial charge in [-0.2, -0.15) is 0 Å². The van der Waals surface area contributed by atoms with Crippen molar-refractivity contribution in [2.75, 3.05) is 14.2 Å². The number of rotatable bonds is 4. The second kappa shape index (κ2) is 5.75. The SMILES string of the molecule is COc1cc(O)c(-c2c(C)cccc2C(=N)N)c(OC)c1. The Morgan fingerprint density at radius 3 is 2.43 bits per heavy atom. The van der Waals surface area contributed by atoms with Crippen molar-refractivity contribution >= 4 is 5.84 Å². The van der Waals surface area contributed by atoms with E-state index in [4.69, 9.17) is 20.6 Å². The first-order chi connectivity index (χ1) is 9.99. The summed E-state index contributed by atoms with van der Waals surface area (Å²) in [5, 5.41) is 18.1. The minimum Gasteiger partial charge on any atom is -0.507 e. The number of hydrogen-bond acceptors (Lipinski definition) is 4. The van der Waals surface area contributed by atoms with Crippen LogP contribution in [0.1, 0.15) is 11.1 Å². The predicted octanol–water partition coefficient (Wildman–Crippen LogP) is 2.67. The fraction of sp³-hybridized carbons (Fsp3) is 0.188. The summed E-state index contributed by atoms with van der Waals surface area (Å²) in [4.78, 5) is 0. The van der Waals surface area contributed by atoms with Crippen molar-refractivity contribution in [3.63, 3.8) is 0 Å². The zero-order valence-corrected chi connectivity index (χ0v) is 12.2. The lowest BCUT2D eigenvalue weighted by Crippen LogP contribution is -2.13. The molecule has 5 nitrogen and oxygen atoms in total. The molecular weight excluding hydrogens is 268 g/mol. The van der Waals surface area contributed by atoms with Crippen LogP contribution in [0.5, 0.6) is 17.2 Å². The van der Waals surface area contributed by atoms with Crippen molar-refractivity contribution in [1.82, 2.24) is 0 Å². The zero-order valence-electron chi connectivity index (χ0n) is 12.2. The molecule has 2 aromatic carbocycles. The molecule has 0 aliphatic heterocycles. The molecule has 0 unspecified atom stereocenters. The van der Waals surface area contributed by atoms with Crippen LogP contribution >= 0.6 is 0 Å². The lowest BCUT2D eigenvalue weighted by Gasteiger charge is -2.17. The Morgan fingerprint density at radius 2 is 1.86 bits per heavy atom. The minimum absolute atomic E-state index is 0.0167. The Bertz CT molecular complexity index is 696. The summed E-state index contributed by atoms with van der Waals surface area (Å²) in [6.07, 6.45) is 0. The lowest BCUT2D eigenvalue weighted by molar-refractivity contribution is 0.386. The zero-order chi connectivity index (χ0) is 15.6.